The third-order valence-electron chi connectivity index (χ3n) is 5.56. The molecule has 7 heteroatoms. The minimum Gasteiger partial charge on any atom is -0.345 e. The second kappa shape index (κ2) is 9.52. The predicted octanol–water partition coefficient (Wildman–Crippen LogP) is 3.92. The Morgan fingerprint density at radius 2 is 1.76 bits per heavy atom. The molecule has 0 radical (unpaired) electrons. The van der Waals surface area contributed by atoms with E-state index in [1.54, 1.807) is 12.1 Å². The van der Waals surface area contributed by atoms with Gasteiger partial charge in [-0.1, -0.05) is 60.1 Å². The van der Waals surface area contributed by atoms with Crippen LogP contribution in [0.2, 0.25) is 0 Å². The van der Waals surface area contributed by atoms with Gasteiger partial charge in [0, 0.05) is 12.6 Å². The summed E-state index contributed by atoms with van der Waals surface area (Å²) in [4.78, 5) is 17.9. The zero-order chi connectivity index (χ0) is 20.9. The van der Waals surface area contributed by atoms with Gasteiger partial charge < -0.3 is 5.32 Å². The van der Waals surface area contributed by atoms with Gasteiger partial charge in [-0.15, -0.1) is 0 Å². The highest BCUT2D eigenvalue weighted by Gasteiger charge is 2.27. The van der Waals surface area contributed by atoms with Crippen molar-refractivity contribution in [2.75, 3.05) is 14.2 Å². The lowest BCUT2D eigenvalue weighted by Gasteiger charge is -2.31. The smallest absolute Gasteiger partial charge is 0.264 e. The third-order valence-corrected chi connectivity index (χ3v) is 7.23. The molecule has 1 fully saturated rings. The Morgan fingerprint density at radius 1 is 1.07 bits per heavy atom. The second-order valence-corrected chi connectivity index (χ2v) is 9.32. The van der Waals surface area contributed by atoms with Crippen LogP contribution in [-0.2, 0) is 14.9 Å². The first-order valence-electron chi connectivity index (χ1n) is 9.92. The maximum Gasteiger partial charge on any atom is 0.264 e. The average molecular weight is 417 g/mol. The molecule has 29 heavy (non-hydrogen) atoms. The molecule has 0 spiro atoms. The van der Waals surface area contributed by atoms with Crippen molar-refractivity contribution in [3.8, 4) is 0 Å². The van der Waals surface area contributed by atoms with Crippen LogP contribution in [0.4, 0.5) is 0 Å². The summed E-state index contributed by atoms with van der Waals surface area (Å²) in [5, 5.41) is 3.16. The van der Waals surface area contributed by atoms with Crippen LogP contribution < -0.4 is 5.32 Å². The molecule has 1 saturated carbocycles. The maximum atomic E-state index is 13.0. The molecule has 2 aromatic rings. The van der Waals surface area contributed by atoms with E-state index >= 15 is 0 Å². The van der Waals surface area contributed by atoms with Crippen LogP contribution in [0, 0.1) is 5.92 Å². The number of sulfonamides is 1. The van der Waals surface area contributed by atoms with Crippen molar-refractivity contribution in [3.63, 3.8) is 0 Å². The van der Waals surface area contributed by atoms with E-state index < -0.39 is 10.0 Å². The standard InChI is InChI=1S/C22H28N2O4S/c1-24(28-2)29(26,27)20-15-9-14-19(16-20)22(25)23-21(17-10-5-3-6-11-17)18-12-7-4-8-13-18/h3,5-6,9-11,14-16,18,21H,4,7-8,12-13H2,1-2H3,(H,23,25). The fraction of sp³-hybridized carbons (Fsp3) is 0.409. The molecule has 2 aromatic carbocycles. The topological polar surface area (TPSA) is 75.7 Å². The summed E-state index contributed by atoms with van der Waals surface area (Å²) in [6.07, 6.45) is 5.72. The summed E-state index contributed by atoms with van der Waals surface area (Å²) < 4.78 is 25.8. The molecule has 0 heterocycles. The van der Waals surface area contributed by atoms with E-state index in [1.807, 2.05) is 30.3 Å². The van der Waals surface area contributed by atoms with Crippen LogP contribution >= 0.6 is 0 Å². The Morgan fingerprint density at radius 3 is 2.41 bits per heavy atom. The largest absolute Gasteiger partial charge is 0.345 e. The quantitative estimate of drug-likeness (QED) is 0.694. The minimum absolute atomic E-state index is 0.0171. The molecule has 0 aromatic heterocycles. The van der Waals surface area contributed by atoms with Gasteiger partial charge in [-0.2, -0.15) is 0 Å². The average Bonchev–Trinajstić information content (AvgIpc) is 2.78. The van der Waals surface area contributed by atoms with Crippen molar-refractivity contribution < 1.29 is 18.0 Å². The molecule has 1 N–H and O–H groups in total. The van der Waals surface area contributed by atoms with Gasteiger partial charge >= 0.3 is 0 Å². The van der Waals surface area contributed by atoms with Crippen LogP contribution in [0.5, 0.6) is 0 Å². The van der Waals surface area contributed by atoms with Crippen LogP contribution in [0.15, 0.2) is 59.5 Å². The lowest BCUT2D eigenvalue weighted by molar-refractivity contribution is -0.0258. The van der Waals surface area contributed by atoms with Gasteiger partial charge in [0.05, 0.1) is 18.0 Å². The molecular weight excluding hydrogens is 388 g/mol. The Hall–Kier alpha value is -2.22. The van der Waals surface area contributed by atoms with Gasteiger partial charge in [-0.3, -0.25) is 9.63 Å². The first-order chi connectivity index (χ1) is 13.9. The number of carbonyl (C=O) groups excluding carboxylic acids is 1. The van der Waals surface area contributed by atoms with Gasteiger partial charge in [-0.25, -0.2) is 8.42 Å². The van der Waals surface area contributed by atoms with Crippen molar-refractivity contribution in [2.24, 2.45) is 5.92 Å². The SMILES string of the molecule is CON(C)S(=O)(=O)c1cccc(C(=O)NC(c2ccccc2)C2CCCCC2)c1. The lowest BCUT2D eigenvalue weighted by Crippen LogP contribution is -2.34. The van der Waals surface area contributed by atoms with Gasteiger partial charge in [0.25, 0.3) is 15.9 Å². The van der Waals surface area contributed by atoms with Gasteiger partial charge in [-0.05, 0) is 42.5 Å². The van der Waals surface area contributed by atoms with Crippen LogP contribution in [0.25, 0.3) is 0 Å². The fourth-order valence-corrected chi connectivity index (χ4v) is 4.89. The summed E-state index contributed by atoms with van der Waals surface area (Å²) in [5.41, 5.74) is 1.39. The molecule has 156 valence electrons. The van der Waals surface area contributed by atoms with E-state index in [0.717, 1.165) is 22.9 Å². The summed E-state index contributed by atoms with van der Waals surface area (Å²) in [5.74, 6) is 0.100. The number of benzene rings is 2. The highest BCUT2D eigenvalue weighted by Crippen LogP contribution is 2.34. The van der Waals surface area contributed by atoms with Crippen LogP contribution in [0.1, 0.15) is 54.1 Å². The van der Waals surface area contributed by atoms with Crippen LogP contribution in [0.3, 0.4) is 0 Å². The van der Waals surface area contributed by atoms with E-state index in [9.17, 15) is 13.2 Å². The van der Waals surface area contributed by atoms with Gasteiger partial charge in [0.2, 0.25) is 0 Å². The molecule has 1 aliphatic rings. The lowest BCUT2D eigenvalue weighted by atomic mass is 9.81. The second-order valence-electron chi connectivity index (χ2n) is 7.39. The Bertz CT molecular complexity index is 925. The number of amides is 1. The van der Waals surface area contributed by atoms with Crippen molar-refractivity contribution in [3.05, 3.63) is 65.7 Å². The zero-order valence-corrected chi connectivity index (χ0v) is 17.7. The summed E-state index contributed by atoms with van der Waals surface area (Å²) in [7, 11) is -1.22. The third kappa shape index (κ3) is 5.04. The molecule has 1 aliphatic carbocycles. The maximum absolute atomic E-state index is 13.0. The molecular formula is C22H28N2O4S. The first kappa shape index (κ1) is 21.5. The molecule has 0 bridgehead atoms. The molecule has 3 rings (SSSR count). The summed E-state index contributed by atoms with van der Waals surface area (Å²) >= 11 is 0. The monoisotopic (exact) mass is 416 g/mol. The molecule has 1 atom stereocenters. The van der Waals surface area contributed by atoms with E-state index in [1.165, 1.54) is 45.6 Å². The fourth-order valence-electron chi connectivity index (χ4n) is 3.87. The van der Waals surface area contributed by atoms with Crippen LogP contribution in [-0.4, -0.2) is 33.0 Å². The Kier molecular flexibility index (Phi) is 7.05. The number of hydrogen-bond acceptors (Lipinski definition) is 4. The molecule has 1 unspecified atom stereocenters. The summed E-state index contributed by atoms with van der Waals surface area (Å²) in [6.45, 7) is 0. The van der Waals surface area contributed by atoms with Crippen molar-refractivity contribution in [1.82, 2.24) is 9.79 Å². The number of hydroxylamine groups is 1. The minimum atomic E-state index is -3.82. The molecule has 0 aliphatic heterocycles. The van der Waals surface area contributed by atoms with Crippen molar-refractivity contribution in [2.45, 2.75) is 43.0 Å². The van der Waals surface area contributed by atoms with E-state index in [-0.39, 0.29) is 16.8 Å². The zero-order valence-electron chi connectivity index (χ0n) is 16.9. The van der Waals surface area contributed by atoms with Crippen molar-refractivity contribution in [1.29, 1.82) is 0 Å². The first-order valence-corrected chi connectivity index (χ1v) is 11.4. The number of nitrogens with one attached hydrogen (secondary N) is 1. The highest BCUT2D eigenvalue weighted by molar-refractivity contribution is 7.89. The van der Waals surface area contributed by atoms with E-state index in [0.29, 0.717) is 11.5 Å². The normalized spacial score (nSPS) is 16.5. The number of rotatable bonds is 7. The number of carbonyl (C=O) groups is 1. The Labute approximate surface area is 172 Å². The van der Waals surface area contributed by atoms with E-state index in [2.05, 4.69) is 5.32 Å². The summed E-state index contributed by atoms with van der Waals surface area (Å²) in [6, 6.07) is 15.9. The van der Waals surface area contributed by atoms with Gasteiger partial charge in [0.1, 0.15) is 0 Å². The van der Waals surface area contributed by atoms with Crippen molar-refractivity contribution >= 4 is 15.9 Å². The van der Waals surface area contributed by atoms with E-state index in [4.69, 9.17) is 4.84 Å². The highest BCUT2D eigenvalue weighted by atomic mass is 32.2. The molecule has 1 amide bonds. The predicted molar refractivity (Wildman–Crippen MR) is 112 cm³/mol. The Balaban J connectivity index is 1.86. The number of nitrogens with zero attached hydrogens (tertiary/aromatic N) is 1. The number of hydrogen-bond donors (Lipinski definition) is 1. The molecule has 0 saturated heterocycles. The van der Waals surface area contributed by atoms with Gasteiger partial charge in [0.15, 0.2) is 0 Å². The molecule has 6 nitrogen and oxygen atoms in total.